The molecule has 1 aromatic rings. The van der Waals surface area contributed by atoms with Crippen LogP contribution in [0.1, 0.15) is 18.4 Å². The van der Waals surface area contributed by atoms with E-state index in [4.69, 9.17) is 20.0 Å². The van der Waals surface area contributed by atoms with Crippen LogP contribution < -0.4 is 5.73 Å². The molecule has 2 saturated heterocycles. The van der Waals surface area contributed by atoms with Gasteiger partial charge >= 0.3 is 0 Å². The minimum atomic E-state index is -2.46. The number of rotatable bonds is 6. The highest BCUT2D eigenvalue weighted by atomic mass is 32.2. The molecular weight excluding hydrogens is 344 g/mol. The molecule has 8 heteroatoms. The van der Waals surface area contributed by atoms with Gasteiger partial charge in [0.15, 0.2) is 11.8 Å². The third kappa shape index (κ3) is 4.02. The van der Waals surface area contributed by atoms with Gasteiger partial charge in [-0.05, 0) is 24.4 Å². The van der Waals surface area contributed by atoms with E-state index in [2.05, 4.69) is 11.0 Å². The normalized spacial score (nSPS) is 26.3. The summed E-state index contributed by atoms with van der Waals surface area (Å²) in [7, 11) is -2.46. The van der Waals surface area contributed by atoms with Gasteiger partial charge in [-0.1, -0.05) is 17.3 Å². The topological polar surface area (TPSA) is 100 Å². The van der Waals surface area contributed by atoms with Gasteiger partial charge in [-0.25, -0.2) is 0 Å². The van der Waals surface area contributed by atoms with E-state index in [1.54, 1.807) is 24.3 Å². The van der Waals surface area contributed by atoms with Crippen molar-refractivity contribution in [2.24, 2.45) is 10.9 Å². The monoisotopic (exact) mass is 366 g/mol. The fourth-order valence-electron chi connectivity index (χ4n) is 2.81. The molecule has 0 radical (unpaired) electrons. The number of nitrogens with zero attached hydrogens (tertiary/aromatic N) is 1. The Bertz CT molecular complexity index is 746. The van der Waals surface area contributed by atoms with E-state index in [9.17, 15) is 9.00 Å². The van der Waals surface area contributed by atoms with Crippen molar-refractivity contribution in [1.29, 1.82) is 0 Å². The van der Waals surface area contributed by atoms with Crippen molar-refractivity contribution >= 4 is 27.0 Å². The second-order valence-corrected chi connectivity index (χ2v) is 8.72. The molecule has 3 rings (SSSR count). The van der Waals surface area contributed by atoms with E-state index in [0.717, 1.165) is 12.8 Å². The fourth-order valence-corrected chi connectivity index (χ4v) is 4.59. The van der Waals surface area contributed by atoms with Gasteiger partial charge < -0.3 is 20.0 Å². The molecule has 1 amide bonds. The zero-order valence-corrected chi connectivity index (χ0v) is 14.7. The Kier molecular flexibility index (Phi) is 5.41. The van der Waals surface area contributed by atoms with E-state index < -0.39 is 15.4 Å². The molecule has 25 heavy (non-hydrogen) atoms. The molecule has 0 aliphatic carbocycles. The Morgan fingerprint density at radius 3 is 2.44 bits per heavy atom. The van der Waals surface area contributed by atoms with Crippen LogP contribution in [0.25, 0.3) is 0 Å². The largest absolute Gasteiger partial charge is 0.389 e. The third-order valence-electron chi connectivity index (χ3n) is 4.37. The number of primary amides is 1. The molecule has 0 saturated carbocycles. The maximum absolute atomic E-state index is 13.0. The van der Waals surface area contributed by atoms with Gasteiger partial charge in [-0.2, -0.15) is 0 Å². The second-order valence-electron chi connectivity index (χ2n) is 6.13. The van der Waals surface area contributed by atoms with Crippen molar-refractivity contribution < 1.29 is 23.3 Å². The highest BCUT2D eigenvalue weighted by Crippen LogP contribution is 2.23. The summed E-state index contributed by atoms with van der Waals surface area (Å²) in [6, 6.07) is 6.71. The van der Waals surface area contributed by atoms with E-state index in [1.165, 1.54) is 0 Å². The molecule has 0 aromatic heterocycles. The number of benzene rings is 1. The number of amides is 1. The molecule has 7 nitrogen and oxygen atoms in total. The molecule has 2 N–H and O–H groups in total. The van der Waals surface area contributed by atoms with Crippen LogP contribution in [0.3, 0.4) is 0 Å². The summed E-state index contributed by atoms with van der Waals surface area (Å²) in [6.45, 7) is 2.12. The van der Waals surface area contributed by atoms with E-state index in [-0.39, 0.29) is 17.1 Å². The highest BCUT2D eigenvalue weighted by Gasteiger charge is 2.26. The Morgan fingerprint density at radius 1 is 1.20 bits per heavy atom. The highest BCUT2D eigenvalue weighted by molar-refractivity contribution is 8.01. The Morgan fingerprint density at radius 2 is 1.88 bits per heavy atom. The molecule has 2 unspecified atom stereocenters. The predicted molar refractivity (Wildman–Crippen MR) is 95.2 cm³/mol. The number of oxime groups is 1. The van der Waals surface area contributed by atoms with Crippen LogP contribution in [0.15, 0.2) is 34.3 Å². The van der Waals surface area contributed by atoms with Crippen LogP contribution in [-0.4, -0.2) is 59.5 Å². The third-order valence-corrected chi connectivity index (χ3v) is 6.89. The van der Waals surface area contributed by atoms with Gasteiger partial charge in [-0.15, -0.1) is 0 Å². The molecule has 136 valence electrons. The summed E-state index contributed by atoms with van der Waals surface area (Å²) in [5.41, 5.74) is 5.94. The lowest BCUT2D eigenvalue weighted by Crippen LogP contribution is -2.26. The zero-order valence-electron chi connectivity index (χ0n) is 13.9. The summed E-state index contributed by atoms with van der Waals surface area (Å²) >= 11 is 0. The number of hydrogen-bond acceptors (Lipinski definition) is 6. The maximum atomic E-state index is 13.0. The fraction of sp³-hybridized carbons (Fsp3) is 0.471. The molecule has 3 atom stereocenters. The maximum Gasteiger partial charge on any atom is 0.271 e. The van der Waals surface area contributed by atoms with Crippen molar-refractivity contribution in [3.05, 3.63) is 29.8 Å². The molecule has 1 aromatic carbocycles. The van der Waals surface area contributed by atoms with E-state index >= 15 is 0 Å². The Hall–Kier alpha value is -1.90. The molecular formula is C17H22N2O5S. The van der Waals surface area contributed by atoms with Gasteiger partial charge in [0.25, 0.3) is 5.91 Å². The Labute approximate surface area is 147 Å². The average Bonchev–Trinajstić information content (AvgIpc) is 3.29. The number of ether oxygens (including phenoxy) is 2. The van der Waals surface area contributed by atoms with Crippen LogP contribution in [-0.2, 0) is 28.6 Å². The van der Waals surface area contributed by atoms with Gasteiger partial charge in [-0.3, -0.25) is 9.00 Å². The van der Waals surface area contributed by atoms with Gasteiger partial charge in [0.2, 0.25) is 0 Å². The first-order chi connectivity index (χ1) is 12.0. The number of carbonyl (C=O) groups is 1. The van der Waals surface area contributed by atoms with Crippen molar-refractivity contribution in [1.82, 2.24) is 0 Å². The minimum Gasteiger partial charge on any atom is -0.389 e. The minimum absolute atomic E-state index is 0.0261. The van der Waals surface area contributed by atoms with Gasteiger partial charge in [0.05, 0.1) is 25.1 Å². The molecule has 2 heterocycles. The van der Waals surface area contributed by atoms with E-state index in [0.29, 0.717) is 36.9 Å². The average molecular weight is 366 g/mol. The van der Waals surface area contributed by atoms with E-state index in [1.807, 2.05) is 0 Å². The standard InChI is InChI=1S/C17H22N2O5S/c1-25(21,15-7-9-23-11-15)14-4-2-12(3-5-14)16(17(18)20)19-24-13-6-8-22-10-13/h2-5,13,15H,1,6-11H2,(H2,18,20)/b19-16+/t13-,15?,25?/m1/s1. The van der Waals surface area contributed by atoms with Gasteiger partial charge in [0.1, 0.15) is 0 Å². The molecule has 2 fully saturated rings. The van der Waals surface area contributed by atoms with Crippen molar-refractivity contribution in [2.45, 2.75) is 29.1 Å². The summed E-state index contributed by atoms with van der Waals surface area (Å²) < 4.78 is 23.5. The summed E-state index contributed by atoms with van der Waals surface area (Å²) in [4.78, 5) is 17.7. The quantitative estimate of drug-likeness (QED) is 0.450. The zero-order chi connectivity index (χ0) is 17.9. The lowest BCUT2D eigenvalue weighted by Gasteiger charge is -2.15. The molecule has 2 aliphatic rings. The number of hydrogen-bond donors (Lipinski definition) is 1. The summed E-state index contributed by atoms with van der Waals surface area (Å²) in [5, 5.41) is 3.81. The lowest BCUT2D eigenvalue weighted by molar-refractivity contribution is -0.112. The lowest BCUT2D eigenvalue weighted by atomic mass is 10.1. The number of nitrogens with two attached hydrogens (primary N) is 1. The first kappa shape index (κ1) is 17.9. The second kappa shape index (κ2) is 7.55. The molecule has 0 bridgehead atoms. The first-order valence-corrected chi connectivity index (χ1v) is 9.93. The predicted octanol–water partition coefficient (Wildman–Crippen LogP) is 0.546. The van der Waals surface area contributed by atoms with Crippen LogP contribution in [0.4, 0.5) is 0 Å². The van der Waals surface area contributed by atoms with Crippen molar-refractivity contribution in [3.63, 3.8) is 0 Å². The van der Waals surface area contributed by atoms with Crippen LogP contribution in [0, 0.1) is 0 Å². The van der Waals surface area contributed by atoms with Gasteiger partial charge in [0, 0.05) is 33.0 Å². The summed E-state index contributed by atoms with van der Waals surface area (Å²) in [5.74, 6) is 3.22. The van der Waals surface area contributed by atoms with Crippen molar-refractivity contribution in [3.8, 4) is 0 Å². The molecule has 2 aliphatic heterocycles. The summed E-state index contributed by atoms with van der Waals surface area (Å²) in [6.07, 6.45) is 1.28. The van der Waals surface area contributed by atoms with Crippen molar-refractivity contribution in [2.75, 3.05) is 26.4 Å². The molecule has 0 spiro atoms. The first-order valence-electron chi connectivity index (χ1n) is 8.14. The van der Waals surface area contributed by atoms with Crippen LogP contribution >= 0.6 is 0 Å². The smallest absolute Gasteiger partial charge is 0.271 e. The Balaban J connectivity index is 1.79. The van der Waals surface area contributed by atoms with Crippen LogP contribution in [0.5, 0.6) is 0 Å². The SMILES string of the molecule is C=S(=O)(c1ccc(/C(=N\O[C@@H]2CCOC2)C(N)=O)cc1)C1CCOC1. The van der Waals surface area contributed by atoms with Crippen LogP contribution in [0.2, 0.25) is 0 Å². The number of carbonyl (C=O) groups excluding carboxylic acids is 1.